The average Bonchev–Trinajstić information content (AvgIpc) is 3.09. The van der Waals surface area contributed by atoms with E-state index in [9.17, 15) is 24.9 Å². The van der Waals surface area contributed by atoms with Gasteiger partial charge in [-0.3, -0.25) is 14.5 Å². The van der Waals surface area contributed by atoms with E-state index in [-0.39, 0.29) is 24.3 Å². The van der Waals surface area contributed by atoms with E-state index in [0.717, 1.165) is 40.7 Å². The Morgan fingerprint density at radius 2 is 1.73 bits per heavy atom. The number of carbonyl (C=O) groups is 2. The van der Waals surface area contributed by atoms with Crippen molar-refractivity contribution in [2.75, 3.05) is 13.2 Å². The van der Waals surface area contributed by atoms with Crippen LogP contribution < -0.4 is 0 Å². The highest BCUT2D eigenvalue weighted by molar-refractivity contribution is 6.05. The number of likely N-dealkylation sites (tertiary alicyclic amines) is 1. The van der Waals surface area contributed by atoms with Crippen LogP contribution >= 0.6 is 0 Å². The van der Waals surface area contributed by atoms with Crippen LogP contribution in [0.4, 0.5) is 0 Å². The number of hydrogen-bond donors (Lipinski definition) is 3. The summed E-state index contributed by atoms with van der Waals surface area (Å²) in [4.78, 5) is 27.7. The van der Waals surface area contributed by atoms with Gasteiger partial charge in [0.1, 0.15) is 5.75 Å². The van der Waals surface area contributed by atoms with Crippen molar-refractivity contribution in [3.63, 3.8) is 0 Å². The molecule has 6 heteroatoms. The van der Waals surface area contributed by atoms with E-state index < -0.39 is 23.9 Å². The molecular formula is C31H45NO5. The first-order valence-electron chi connectivity index (χ1n) is 13.9. The van der Waals surface area contributed by atoms with Crippen LogP contribution in [0.1, 0.15) is 82.9 Å². The minimum atomic E-state index is -0.790. The standard InChI is InChI=1S/C31H45NO5/c1-7-9-21(15-22-13-19(5)29(35)20(6)14-22)10-11-26(34)27-23(18(3)4)16-24-28(25(27)17-33)31(37)32(12-8-2)30(24)36/h13-15,18,24-26,28,33-35H,7-12,16-17H2,1-6H3/b21-15+/t24-,25+,26-,28-/m1/s1. The molecule has 2 aliphatic rings. The highest BCUT2D eigenvalue weighted by atomic mass is 16.3. The molecule has 6 nitrogen and oxygen atoms in total. The third-order valence-electron chi connectivity index (χ3n) is 8.11. The Labute approximate surface area is 222 Å². The summed E-state index contributed by atoms with van der Waals surface area (Å²) in [6, 6.07) is 3.95. The second kappa shape index (κ2) is 12.4. The normalized spacial score (nSPS) is 23.3. The first kappa shape index (κ1) is 29.1. The van der Waals surface area contributed by atoms with Crippen LogP contribution in [0.25, 0.3) is 6.08 Å². The van der Waals surface area contributed by atoms with Gasteiger partial charge in [0.15, 0.2) is 0 Å². The molecular weight excluding hydrogens is 466 g/mol. The van der Waals surface area contributed by atoms with E-state index in [1.54, 1.807) is 0 Å². The van der Waals surface area contributed by atoms with Crippen molar-refractivity contribution in [2.45, 2.75) is 86.2 Å². The number of nitrogens with zero attached hydrogens (tertiary/aromatic N) is 1. The summed E-state index contributed by atoms with van der Waals surface area (Å²) in [7, 11) is 0. The minimum absolute atomic E-state index is 0.108. The van der Waals surface area contributed by atoms with E-state index in [4.69, 9.17) is 0 Å². The number of allylic oxidation sites excluding steroid dienone is 2. The number of imide groups is 1. The molecule has 0 spiro atoms. The van der Waals surface area contributed by atoms with Crippen molar-refractivity contribution < 1.29 is 24.9 Å². The smallest absolute Gasteiger partial charge is 0.233 e. The van der Waals surface area contributed by atoms with Crippen LogP contribution in [0.5, 0.6) is 5.75 Å². The summed E-state index contributed by atoms with van der Waals surface area (Å²) in [5.41, 5.74) is 5.71. The molecule has 1 aliphatic carbocycles. The van der Waals surface area contributed by atoms with Gasteiger partial charge in [-0.2, -0.15) is 0 Å². The zero-order valence-corrected chi connectivity index (χ0v) is 23.4. The highest BCUT2D eigenvalue weighted by Gasteiger charge is 2.54. The number of phenols is 1. The molecule has 0 aromatic heterocycles. The fourth-order valence-corrected chi connectivity index (χ4v) is 6.33. The zero-order chi connectivity index (χ0) is 27.4. The second-order valence-electron chi connectivity index (χ2n) is 11.2. The molecule has 0 bridgehead atoms. The quantitative estimate of drug-likeness (QED) is 0.276. The molecule has 37 heavy (non-hydrogen) atoms. The van der Waals surface area contributed by atoms with Crippen LogP contribution in [-0.2, 0) is 9.59 Å². The maximum atomic E-state index is 13.3. The van der Waals surface area contributed by atoms with Crippen LogP contribution in [0.2, 0.25) is 0 Å². The lowest BCUT2D eigenvalue weighted by atomic mass is 9.66. The maximum absolute atomic E-state index is 13.3. The van der Waals surface area contributed by atoms with Gasteiger partial charge >= 0.3 is 0 Å². The molecule has 1 aromatic carbocycles. The molecule has 1 fully saturated rings. The van der Waals surface area contributed by atoms with Crippen LogP contribution in [0.15, 0.2) is 28.9 Å². The number of aromatic hydroxyl groups is 1. The topological polar surface area (TPSA) is 98.1 Å². The Bertz CT molecular complexity index is 1050. The number of benzene rings is 1. The minimum Gasteiger partial charge on any atom is -0.507 e. The third-order valence-corrected chi connectivity index (χ3v) is 8.11. The number of aliphatic hydroxyl groups excluding tert-OH is 2. The molecule has 0 radical (unpaired) electrons. The number of carbonyl (C=O) groups excluding carboxylic acids is 2. The molecule has 1 aromatic rings. The lowest BCUT2D eigenvalue weighted by Crippen LogP contribution is -2.40. The fraction of sp³-hybridized carbons (Fsp3) is 0.613. The summed E-state index contributed by atoms with van der Waals surface area (Å²) in [5.74, 6) is -1.48. The molecule has 1 saturated heterocycles. The summed E-state index contributed by atoms with van der Waals surface area (Å²) in [6.45, 7) is 12.1. The number of amides is 2. The summed E-state index contributed by atoms with van der Waals surface area (Å²) in [5, 5.41) is 32.1. The predicted octanol–water partition coefficient (Wildman–Crippen LogP) is 5.31. The summed E-state index contributed by atoms with van der Waals surface area (Å²) in [6.07, 6.45) is 5.58. The van der Waals surface area contributed by atoms with Gasteiger partial charge in [-0.15, -0.1) is 0 Å². The number of aliphatic hydroxyl groups is 2. The second-order valence-corrected chi connectivity index (χ2v) is 11.2. The zero-order valence-electron chi connectivity index (χ0n) is 23.4. The van der Waals surface area contributed by atoms with Crippen molar-refractivity contribution in [1.82, 2.24) is 4.90 Å². The molecule has 204 valence electrons. The van der Waals surface area contributed by atoms with Crippen molar-refractivity contribution in [3.8, 4) is 5.75 Å². The van der Waals surface area contributed by atoms with E-state index in [2.05, 4.69) is 26.8 Å². The number of rotatable bonds is 11. The Balaban J connectivity index is 1.89. The van der Waals surface area contributed by atoms with Gasteiger partial charge in [0, 0.05) is 12.5 Å². The highest BCUT2D eigenvalue weighted by Crippen LogP contribution is 2.48. The van der Waals surface area contributed by atoms with Gasteiger partial charge in [0.05, 0.1) is 24.5 Å². The van der Waals surface area contributed by atoms with Crippen LogP contribution in [0.3, 0.4) is 0 Å². The van der Waals surface area contributed by atoms with E-state index in [1.807, 2.05) is 32.9 Å². The SMILES string of the molecule is CCC/C(=C\c1cc(C)c(O)c(C)c1)CC[C@@H](O)C1=C(C(C)C)C[C@H]2C(=O)N(CCC)C(=O)[C@H]2[C@H]1CO. The molecule has 0 saturated carbocycles. The van der Waals surface area contributed by atoms with Crippen molar-refractivity contribution in [3.05, 3.63) is 45.5 Å². The van der Waals surface area contributed by atoms with Gasteiger partial charge in [0.25, 0.3) is 0 Å². The Kier molecular flexibility index (Phi) is 9.76. The molecule has 2 amide bonds. The Morgan fingerprint density at radius 1 is 1.08 bits per heavy atom. The van der Waals surface area contributed by atoms with Gasteiger partial charge in [-0.1, -0.05) is 51.3 Å². The molecule has 1 aliphatic heterocycles. The number of aryl methyl sites for hydroxylation is 2. The van der Waals surface area contributed by atoms with E-state index in [0.29, 0.717) is 38.0 Å². The van der Waals surface area contributed by atoms with Crippen LogP contribution in [0, 0.1) is 37.5 Å². The molecule has 1 heterocycles. The van der Waals surface area contributed by atoms with Gasteiger partial charge in [-0.25, -0.2) is 0 Å². The lowest BCUT2D eigenvalue weighted by molar-refractivity contribution is -0.140. The van der Waals surface area contributed by atoms with Crippen molar-refractivity contribution in [1.29, 1.82) is 0 Å². The molecule has 0 unspecified atom stereocenters. The maximum Gasteiger partial charge on any atom is 0.233 e. The predicted molar refractivity (Wildman–Crippen MR) is 147 cm³/mol. The molecule has 3 rings (SSSR count). The largest absolute Gasteiger partial charge is 0.507 e. The summed E-state index contributed by atoms with van der Waals surface area (Å²) >= 11 is 0. The first-order chi connectivity index (χ1) is 17.5. The van der Waals surface area contributed by atoms with Gasteiger partial charge in [0.2, 0.25) is 11.8 Å². The summed E-state index contributed by atoms with van der Waals surface area (Å²) < 4.78 is 0. The fourth-order valence-electron chi connectivity index (χ4n) is 6.33. The monoisotopic (exact) mass is 511 g/mol. The Morgan fingerprint density at radius 3 is 2.27 bits per heavy atom. The van der Waals surface area contributed by atoms with Gasteiger partial charge < -0.3 is 15.3 Å². The number of phenolic OH excluding ortho intramolecular Hbond substituents is 1. The lowest BCUT2D eigenvalue weighted by Gasteiger charge is -2.38. The third kappa shape index (κ3) is 6.01. The van der Waals surface area contributed by atoms with E-state index in [1.165, 1.54) is 10.5 Å². The van der Waals surface area contributed by atoms with Gasteiger partial charge in [-0.05, 0) is 86.3 Å². The first-order valence-corrected chi connectivity index (χ1v) is 13.9. The van der Waals surface area contributed by atoms with Crippen LogP contribution in [-0.4, -0.2) is 51.3 Å². The molecule has 4 atom stereocenters. The molecule has 3 N–H and O–H groups in total. The average molecular weight is 512 g/mol. The Hall–Kier alpha value is -2.44. The number of hydrogen-bond acceptors (Lipinski definition) is 5. The van der Waals surface area contributed by atoms with E-state index >= 15 is 0 Å². The number of fused-ring (bicyclic) bond motifs is 1. The van der Waals surface area contributed by atoms with Crippen molar-refractivity contribution in [2.24, 2.45) is 23.7 Å². The van der Waals surface area contributed by atoms with Crippen molar-refractivity contribution >= 4 is 17.9 Å².